The predicted octanol–water partition coefficient (Wildman–Crippen LogP) is 0.735. The number of nitrogens with two attached hydrogens (primary N) is 1. The van der Waals surface area contributed by atoms with E-state index in [4.69, 9.17) is 21.0 Å². The molecule has 82 valence electrons. The number of hydrogen-bond donors (Lipinski definition) is 3. The van der Waals surface area contributed by atoms with Crippen LogP contribution in [-0.4, -0.2) is 21.9 Å². The van der Waals surface area contributed by atoms with Crippen LogP contribution < -0.4 is 5.73 Å². The molecule has 0 spiro atoms. The Bertz CT molecular complexity index is 378. The van der Waals surface area contributed by atoms with Crippen LogP contribution in [0.5, 0.6) is 0 Å². The number of pyridine rings is 1. The second kappa shape index (κ2) is 5.63. The minimum atomic E-state index is -0.919. The maximum Gasteiger partial charge on any atom is 0.300 e. The van der Waals surface area contributed by atoms with Gasteiger partial charge in [0.2, 0.25) is 0 Å². The average molecular weight is 217 g/mol. The Kier molecular flexibility index (Phi) is 4.86. The molecular formula is C8H9F2N3O2. The topological polar surface area (TPSA) is 100 Å². The Morgan fingerprint density at radius 2 is 2.07 bits per heavy atom. The number of carbonyl (C=O) groups is 1. The number of hydrogen-bond acceptors (Lipinski definition) is 3. The van der Waals surface area contributed by atoms with Gasteiger partial charge in [0, 0.05) is 13.0 Å². The van der Waals surface area contributed by atoms with Crippen LogP contribution in [0.3, 0.4) is 0 Å². The molecule has 0 atom stereocenters. The second-order valence-corrected chi connectivity index (χ2v) is 2.42. The SMILES string of the molecule is CC(=O)O.N=C(N)c1ncc(F)cc1F. The molecule has 5 nitrogen and oxygen atoms in total. The van der Waals surface area contributed by atoms with Crippen LogP contribution in [-0.2, 0) is 4.79 Å². The molecule has 1 aromatic heterocycles. The van der Waals surface area contributed by atoms with E-state index in [0.29, 0.717) is 6.07 Å². The van der Waals surface area contributed by atoms with Crippen molar-refractivity contribution < 1.29 is 18.7 Å². The molecule has 0 unspecified atom stereocenters. The van der Waals surface area contributed by atoms with Gasteiger partial charge >= 0.3 is 0 Å². The van der Waals surface area contributed by atoms with Gasteiger partial charge in [-0.2, -0.15) is 0 Å². The molecule has 0 fully saturated rings. The molecule has 1 aromatic rings. The summed E-state index contributed by atoms with van der Waals surface area (Å²) in [5.41, 5.74) is 4.60. The first-order chi connectivity index (χ1) is 6.84. The molecule has 7 heteroatoms. The summed E-state index contributed by atoms with van der Waals surface area (Å²) in [6, 6.07) is 0.629. The van der Waals surface area contributed by atoms with E-state index in [1.165, 1.54) is 0 Å². The Morgan fingerprint density at radius 1 is 1.60 bits per heavy atom. The fourth-order valence-corrected chi connectivity index (χ4v) is 0.613. The molecule has 4 N–H and O–H groups in total. The zero-order valence-corrected chi connectivity index (χ0v) is 7.79. The van der Waals surface area contributed by atoms with E-state index < -0.39 is 23.4 Å². The maximum atomic E-state index is 12.6. The van der Waals surface area contributed by atoms with Crippen molar-refractivity contribution in [1.82, 2.24) is 4.98 Å². The highest BCUT2D eigenvalue weighted by Crippen LogP contribution is 2.04. The van der Waals surface area contributed by atoms with Gasteiger partial charge in [-0.3, -0.25) is 10.2 Å². The summed E-state index contributed by atoms with van der Waals surface area (Å²) in [5, 5.41) is 14.2. The molecule has 0 aliphatic carbocycles. The van der Waals surface area contributed by atoms with Gasteiger partial charge in [0.05, 0.1) is 6.20 Å². The normalized spacial score (nSPS) is 8.73. The Hall–Kier alpha value is -2.05. The van der Waals surface area contributed by atoms with Crippen molar-refractivity contribution in [2.75, 3.05) is 0 Å². The van der Waals surface area contributed by atoms with Crippen LogP contribution in [0.15, 0.2) is 12.3 Å². The van der Waals surface area contributed by atoms with Gasteiger partial charge < -0.3 is 10.8 Å². The van der Waals surface area contributed by atoms with Gasteiger partial charge in [-0.1, -0.05) is 0 Å². The summed E-state index contributed by atoms with van der Waals surface area (Å²) < 4.78 is 24.8. The smallest absolute Gasteiger partial charge is 0.300 e. The first kappa shape index (κ1) is 12.9. The molecular weight excluding hydrogens is 208 g/mol. The van der Waals surface area contributed by atoms with Crippen molar-refractivity contribution in [2.45, 2.75) is 6.92 Å². The molecule has 0 aliphatic rings. The van der Waals surface area contributed by atoms with Crippen LogP contribution in [0.25, 0.3) is 0 Å². The summed E-state index contributed by atoms with van der Waals surface area (Å²) in [4.78, 5) is 12.3. The summed E-state index contributed by atoms with van der Waals surface area (Å²) in [6.45, 7) is 1.08. The van der Waals surface area contributed by atoms with Gasteiger partial charge in [0.25, 0.3) is 5.97 Å². The van der Waals surface area contributed by atoms with Crippen molar-refractivity contribution >= 4 is 11.8 Å². The number of aromatic nitrogens is 1. The second-order valence-electron chi connectivity index (χ2n) is 2.42. The first-order valence-corrected chi connectivity index (χ1v) is 3.69. The monoisotopic (exact) mass is 217 g/mol. The lowest BCUT2D eigenvalue weighted by Gasteiger charge is -1.97. The molecule has 0 aromatic carbocycles. The van der Waals surface area contributed by atoms with E-state index in [0.717, 1.165) is 13.1 Å². The van der Waals surface area contributed by atoms with Gasteiger partial charge in [-0.25, -0.2) is 13.8 Å². The molecule has 0 amide bonds. The van der Waals surface area contributed by atoms with Crippen molar-refractivity contribution in [3.8, 4) is 0 Å². The van der Waals surface area contributed by atoms with Crippen molar-refractivity contribution in [1.29, 1.82) is 5.41 Å². The number of amidine groups is 1. The lowest BCUT2D eigenvalue weighted by atomic mass is 10.3. The standard InChI is InChI=1S/C6H5F2N3.C2H4O2/c7-3-1-4(8)5(6(9)10)11-2-3;1-2(3)4/h1-2H,(H3,9,10);1H3,(H,3,4). The van der Waals surface area contributed by atoms with Gasteiger partial charge in [0.1, 0.15) is 17.3 Å². The lowest BCUT2D eigenvalue weighted by molar-refractivity contribution is -0.134. The number of aliphatic carboxylic acids is 1. The molecule has 15 heavy (non-hydrogen) atoms. The molecule has 0 bridgehead atoms. The zero-order chi connectivity index (χ0) is 12.0. The fourth-order valence-electron chi connectivity index (χ4n) is 0.613. The third kappa shape index (κ3) is 5.29. The number of carboxylic acid groups (broad SMARTS) is 1. The molecule has 1 heterocycles. The fraction of sp³-hybridized carbons (Fsp3) is 0.125. The number of nitrogen functional groups attached to an aromatic ring is 1. The molecule has 0 saturated carbocycles. The number of nitrogens with zero attached hydrogens (tertiary/aromatic N) is 1. The van der Waals surface area contributed by atoms with Gasteiger partial charge in [-0.15, -0.1) is 0 Å². The Morgan fingerprint density at radius 3 is 2.40 bits per heavy atom. The van der Waals surface area contributed by atoms with Crippen LogP contribution in [0.2, 0.25) is 0 Å². The summed E-state index contributed by atoms with van der Waals surface area (Å²) in [6.07, 6.45) is 0.805. The van der Waals surface area contributed by atoms with Crippen LogP contribution in [0.1, 0.15) is 12.6 Å². The summed E-state index contributed by atoms with van der Waals surface area (Å²) >= 11 is 0. The first-order valence-electron chi connectivity index (χ1n) is 3.69. The highest BCUT2D eigenvalue weighted by molar-refractivity contribution is 5.93. The minimum absolute atomic E-state index is 0.327. The Balaban J connectivity index is 0.000000423. The summed E-state index contributed by atoms with van der Waals surface area (Å²) in [5.74, 6) is -3.05. The van der Waals surface area contributed by atoms with E-state index in [-0.39, 0.29) is 5.69 Å². The largest absolute Gasteiger partial charge is 0.481 e. The number of nitrogens with one attached hydrogen (secondary N) is 1. The molecule has 0 saturated heterocycles. The third-order valence-electron chi connectivity index (χ3n) is 1.06. The van der Waals surface area contributed by atoms with E-state index in [9.17, 15) is 8.78 Å². The van der Waals surface area contributed by atoms with Crippen LogP contribution in [0.4, 0.5) is 8.78 Å². The van der Waals surface area contributed by atoms with E-state index >= 15 is 0 Å². The van der Waals surface area contributed by atoms with E-state index in [1.807, 2.05) is 0 Å². The van der Waals surface area contributed by atoms with Gasteiger partial charge in [-0.05, 0) is 0 Å². The summed E-state index contributed by atoms with van der Waals surface area (Å²) in [7, 11) is 0. The van der Waals surface area contributed by atoms with E-state index in [1.54, 1.807) is 0 Å². The number of halogens is 2. The van der Waals surface area contributed by atoms with Gasteiger partial charge in [0.15, 0.2) is 5.82 Å². The van der Waals surface area contributed by atoms with Crippen molar-refractivity contribution in [2.24, 2.45) is 5.73 Å². The van der Waals surface area contributed by atoms with Crippen molar-refractivity contribution in [3.05, 3.63) is 29.6 Å². The van der Waals surface area contributed by atoms with Crippen LogP contribution >= 0.6 is 0 Å². The third-order valence-corrected chi connectivity index (χ3v) is 1.06. The average Bonchev–Trinajstić information content (AvgIpc) is 2.01. The molecule has 0 radical (unpaired) electrons. The predicted molar refractivity (Wildman–Crippen MR) is 48.5 cm³/mol. The quantitative estimate of drug-likeness (QED) is 0.477. The van der Waals surface area contributed by atoms with Crippen molar-refractivity contribution in [3.63, 3.8) is 0 Å². The van der Waals surface area contributed by atoms with E-state index in [2.05, 4.69) is 4.98 Å². The highest BCUT2D eigenvalue weighted by Gasteiger charge is 2.06. The highest BCUT2D eigenvalue weighted by atomic mass is 19.1. The van der Waals surface area contributed by atoms with Crippen LogP contribution in [0, 0.1) is 17.0 Å². The lowest BCUT2D eigenvalue weighted by Crippen LogP contribution is -2.15. The minimum Gasteiger partial charge on any atom is -0.481 e. The maximum absolute atomic E-state index is 12.6. The number of rotatable bonds is 1. The molecule has 1 rings (SSSR count). The number of carboxylic acids is 1. The zero-order valence-electron chi connectivity index (χ0n) is 7.79. The Labute approximate surface area is 84.1 Å². The molecule has 0 aliphatic heterocycles.